The first-order valence-electron chi connectivity index (χ1n) is 6.74. The zero-order chi connectivity index (χ0) is 16.0. The Morgan fingerprint density at radius 1 is 1.19 bits per heavy atom. The molecule has 0 aromatic heterocycles. The molecule has 0 heterocycles. The van der Waals surface area contributed by atoms with Gasteiger partial charge in [-0.25, -0.2) is 0 Å². The number of aliphatic carboxylic acids is 1. The minimum atomic E-state index is -4.41. The number of hydrogen-bond acceptors (Lipinski definition) is 2. The number of carbonyl (C=O) groups is 1. The van der Waals surface area contributed by atoms with E-state index in [1.165, 1.54) is 0 Å². The number of carboxylic acid groups (broad SMARTS) is 1. The number of benzene rings is 1. The van der Waals surface area contributed by atoms with E-state index in [4.69, 9.17) is 5.11 Å². The van der Waals surface area contributed by atoms with Gasteiger partial charge in [-0.3, -0.25) is 9.69 Å². The average Bonchev–Trinajstić information content (AvgIpc) is 2.27. The minimum Gasteiger partial charge on any atom is -0.480 e. The normalized spacial score (nSPS) is 12.1. The van der Waals surface area contributed by atoms with Crippen LogP contribution in [0.2, 0.25) is 0 Å². The SMILES string of the molecule is CC(C)Cc1ccc(CN(CC(=O)O)CC(F)(F)F)cc1. The summed E-state index contributed by atoms with van der Waals surface area (Å²) in [5, 5.41) is 8.69. The van der Waals surface area contributed by atoms with Crippen LogP contribution in [0.5, 0.6) is 0 Å². The number of alkyl halides is 3. The van der Waals surface area contributed by atoms with Crippen LogP contribution in [-0.2, 0) is 17.8 Å². The second kappa shape index (κ2) is 7.45. The van der Waals surface area contributed by atoms with Crippen molar-refractivity contribution in [2.75, 3.05) is 13.1 Å². The van der Waals surface area contributed by atoms with Crippen LogP contribution >= 0.6 is 0 Å². The monoisotopic (exact) mass is 303 g/mol. The third kappa shape index (κ3) is 7.70. The maximum absolute atomic E-state index is 12.4. The third-order valence-corrected chi connectivity index (χ3v) is 2.83. The molecule has 0 fully saturated rings. The van der Waals surface area contributed by atoms with Gasteiger partial charge in [0.1, 0.15) is 0 Å². The van der Waals surface area contributed by atoms with Gasteiger partial charge in [0.25, 0.3) is 0 Å². The fourth-order valence-electron chi connectivity index (χ4n) is 2.12. The summed E-state index contributed by atoms with van der Waals surface area (Å²) < 4.78 is 37.3. The first-order valence-corrected chi connectivity index (χ1v) is 6.74. The van der Waals surface area contributed by atoms with Gasteiger partial charge in [-0.15, -0.1) is 0 Å². The van der Waals surface area contributed by atoms with E-state index in [1.54, 1.807) is 12.1 Å². The van der Waals surface area contributed by atoms with Gasteiger partial charge in [0, 0.05) is 6.54 Å². The third-order valence-electron chi connectivity index (χ3n) is 2.83. The molecule has 6 heteroatoms. The Labute approximate surface area is 122 Å². The maximum atomic E-state index is 12.4. The van der Waals surface area contributed by atoms with Crippen LogP contribution in [0, 0.1) is 5.92 Å². The van der Waals surface area contributed by atoms with Crippen LogP contribution in [0.15, 0.2) is 24.3 Å². The summed E-state index contributed by atoms with van der Waals surface area (Å²) in [7, 11) is 0. The van der Waals surface area contributed by atoms with Gasteiger partial charge in [0.15, 0.2) is 0 Å². The molecule has 0 saturated heterocycles. The predicted octanol–water partition coefficient (Wildman–Crippen LogP) is 3.33. The van der Waals surface area contributed by atoms with E-state index in [-0.39, 0.29) is 6.54 Å². The van der Waals surface area contributed by atoms with E-state index < -0.39 is 25.2 Å². The van der Waals surface area contributed by atoms with E-state index in [0.29, 0.717) is 11.5 Å². The van der Waals surface area contributed by atoms with E-state index >= 15 is 0 Å². The Morgan fingerprint density at radius 3 is 2.14 bits per heavy atom. The van der Waals surface area contributed by atoms with E-state index in [1.807, 2.05) is 12.1 Å². The van der Waals surface area contributed by atoms with Gasteiger partial charge in [0.2, 0.25) is 0 Å². The topological polar surface area (TPSA) is 40.5 Å². The zero-order valence-electron chi connectivity index (χ0n) is 12.2. The first kappa shape index (κ1) is 17.5. The fraction of sp³-hybridized carbons (Fsp3) is 0.533. The zero-order valence-corrected chi connectivity index (χ0v) is 12.2. The molecular weight excluding hydrogens is 283 g/mol. The molecule has 0 aliphatic rings. The lowest BCUT2D eigenvalue weighted by Crippen LogP contribution is -2.37. The lowest BCUT2D eigenvalue weighted by atomic mass is 10.0. The van der Waals surface area contributed by atoms with Crippen molar-refractivity contribution in [2.45, 2.75) is 33.0 Å². The van der Waals surface area contributed by atoms with Crippen molar-refractivity contribution >= 4 is 5.97 Å². The van der Waals surface area contributed by atoms with Crippen molar-refractivity contribution in [3.05, 3.63) is 35.4 Å². The average molecular weight is 303 g/mol. The van der Waals surface area contributed by atoms with Crippen LogP contribution in [0.3, 0.4) is 0 Å². The van der Waals surface area contributed by atoms with Crippen molar-refractivity contribution in [1.82, 2.24) is 4.90 Å². The summed E-state index contributed by atoms with van der Waals surface area (Å²) >= 11 is 0. The molecule has 0 radical (unpaired) electrons. The molecule has 0 unspecified atom stereocenters. The maximum Gasteiger partial charge on any atom is 0.401 e. The van der Waals surface area contributed by atoms with Crippen molar-refractivity contribution < 1.29 is 23.1 Å². The van der Waals surface area contributed by atoms with Crippen LogP contribution < -0.4 is 0 Å². The van der Waals surface area contributed by atoms with Gasteiger partial charge < -0.3 is 5.11 Å². The van der Waals surface area contributed by atoms with Gasteiger partial charge >= 0.3 is 12.1 Å². The number of hydrogen-bond donors (Lipinski definition) is 1. The summed E-state index contributed by atoms with van der Waals surface area (Å²) in [5.41, 5.74) is 1.79. The summed E-state index contributed by atoms with van der Waals surface area (Å²) in [6.45, 7) is 2.28. The standard InChI is InChI=1S/C15H20F3NO2/c1-11(2)7-12-3-5-13(6-4-12)8-19(9-14(20)21)10-15(16,17)18/h3-6,11H,7-10H2,1-2H3,(H,20,21). The van der Waals surface area contributed by atoms with Crippen molar-refractivity contribution in [2.24, 2.45) is 5.92 Å². The number of carboxylic acids is 1. The van der Waals surface area contributed by atoms with Crippen LogP contribution in [0.25, 0.3) is 0 Å². The van der Waals surface area contributed by atoms with E-state index in [2.05, 4.69) is 13.8 Å². The Hall–Kier alpha value is -1.56. The molecule has 0 saturated carbocycles. The Balaban J connectivity index is 2.71. The molecule has 0 bridgehead atoms. The summed E-state index contributed by atoms with van der Waals surface area (Å²) in [5.74, 6) is -0.764. The Morgan fingerprint density at radius 2 is 1.71 bits per heavy atom. The van der Waals surface area contributed by atoms with Crippen LogP contribution in [0.4, 0.5) is 13.2 Å². The molecular formula is C15H20F3NO2. The summed E-state index contributed by atoms with van der Waals surface area (Å²) in [6.07, 6.45) is -3.51. The second-order valence-electron chi connectivity index (χ2n) is 5.57. The van der Waals surface area contributed by atoms with Gasteiger partial charge in [0.05, 0.1) is 13.1 Å². The van der Waals surface area contributed by atoms with Gasteiger partial charge in [-0.05, 0) is 23.5 Å². The highest BCUT2D eigenvalue weighted by Gasteiger charge is 2.31. The highest BCUT2D eigenvalue weighted by atomic mass is 19.4. The number of nitrogens with zero attached hydrogens (tertiary/aromatic N) is 1. The predicted molar refractivity (Wildman–Crippen MR) is 74.0 cm³/mol. The minimum absolute atomic E-state index is 0.0340. The lowest BCUT2D eigenvalue weighted by molar-refractivity contribution is -0.154. The number of halogens is 3. The highest BCUT2D eigenvalue weighted by Crippen LogP contribution is 2.18. The Bertz CT molecular complexity index is 455. The lowest BCUT2D eigenvalue weighted by Gasteiger charge is -2.21. The molecule has 0 atom stereocenters. The molecule has 0 aliphatic carbocycles. The van der Waals surface area contributed by atoms with Crippen molar-refractivity contribution in [3.63, 3.8) is 0 Å². The highest BCUT2D eigenvalue weighted by molar-refractivity contribution is 5.69. The smallest absolute Gasteiger partial charge is 0.401 e. The van der Waals surface area contributed by atoms with E-state index in [0.717, 1.165) is 16.9 Å². The molecule has 21 heavy (non-hydrogen) atoms. The second-order valence-corrected chi connectivity index (χ2v) is 5.57. The summed E-state index contributed by atoms with van der Waals surface area (Å²) in [6, 6.07) is 7.26. The number of rotatable bonds is 7. The van der Waals surface area contributed by atoms with Crippen LogP contribution in [0.1, 0.15) is 25.0 Å². The molecule has 0 spiro atoms. The molecule has 1 aromatic carbocycles. The molecule has 118 valence electrons. The van der Waals surface area contributed by atoms with Gasteiger partial charge in [-0.1, -0.05) is 38.1 Å². The molecule has 3 nitrogen and oxygen atoms in total. The van der Waals surface area contributed by atoms with E-state index in [9.17, 15) is 18.0 Å². The molecule has 0 aliphatic heterocycles. The molecule has 1 N–H and O–H groups in total. The quantitative estimate of drug-likeness (QED) is 0.840. The molecule has 0 amide bonds. The fourth-order valence-corrected chi connectivity index (χ4v) is 2.12. The largest absolute Gasteiger partial charge is 0.480 e. The van der Waals surface area contributed by atoms with Crippen molar-refractivity contribution in [3.8, 4) is 0 Å². The molecule has 1 aromatic rings. The van der Waals surface area contributed by atoms with Gasteiger partial charge in [-0.2, -0.15) is 13.2 Å². The first-order chi connectivity index (χ1) is 9.65. The van der Waals surface area contributed by atoms with Crippen LogP contribution in [-0.4, -0.2) is 35.2 Å². The van der Waals surface area contributed by atoms with Crippen molar-refractivity contribution in [1.29, 1.82) is 0 Å². The molecule has 1 rings (SSSR count). The Kier molecular flexibility index (Phi) is 6.20. The summed E-state index contributed by atoms with van der Waals surface area (Å²) in [4.78, 5) is 11.5.